The Morgan fingerprint density at radius 2 is 2.00 bits per heavy atom. The second kappa shape index (κ2) is 5.82. The first-order chi connectivity index (χ1) is 10.9. The molecule has 0 spiro atoms. The lowest BCUT2D eigenvalue weighted by Gasteiger charge is -2.16. The van der Waals surface area contributed by atoms with Gasteiger partial charge in [-0.15, -0.1) is 0 Å². The molecule has 0 aliphatic carbocycles. The Kier molecular flexibility index (Phi) is 3.99. The van der Waals surface area contributed by atoms with Crippen molar-refractivity contribution in [1.29, 1.82) is 0 Å². The van der Waals surface area contributed by atoms with Gasteiger partial charge in [0.25, 0.3) is 0 Å². The van der Waals surface area contributed by atoms with Crippen molar-refractivity contribution in [2.45, 2.75) is 25.2 Å². The Bertz CT molecular complexity index is 921. The van der Waals surface area contributed by atoms with Gasteiger partial charge < -0.3 is 9.51 Å². The quantitative estimate of drug-likeness (QED) is 0.778. The van der Waals surface area contributed by atoms with Crippen molar-refractivity contribution in [2.24, 2.45) is 0 Å². The van der Waals surface area contributed by atoms with Crippen molar-refractivity contribution in [2.75, 3.05) is 13.6 Å². The predicted molar refractivity (Wildman–Crippen MR) is 87.8 cm³/mol. The number of aromatic amines is 1. The molecule has 122 valence electrons. The van der Waals surface area contributed by atoms with Gasteiger partial charge in [0.2, 0.25) is 10.0 Å². The third-order valence-electron chi connectivity index (χ3n) is 4.01. The maximum Gasteiger partial charge on any atom is 0.248 e. The van der Waals surface area contributed by atoms with Crippen LogP contribution in [0.3, 0.4) is 0 Å². The average Bonchev–Trinajstić information content (AvgIpc) is 3.08. The summed E-state index contributed by atoms with van der Waals surface area (Å²) < 4.78 is 31.7. The molecule has 0 bridgehead atoms. The highest BCUT2D eigenvalue weighted by atomic mass is 32.2. The molecule has 7 heteroatoms. The summed E-state index contributed by atoms with van der Waals surface area (Å²) in [5.41, 5.74) is 2.54. The number of hydrogen-bond donors (Lipinski definition) is 1. The van der Waals surface area contributed by atoms with Gasteiger partial charge in [-0.25, -0.2) is 12.7 Å². The Balaban J connectivity index is 1.80. The van der Waals surface area contributed by atoms with Crippen molar-refractivity contribution < 1.29 is 12.9 Å². The molecule has 0 radical (unpaired) electrons. The van der Waals surface area contributed by atoms with Crippen molar-refractivity contribution >= 4 is 20.9 Å². The van der Waals surface area contributed by atoms with Crippen LogP contribution in [0, 0.1) is 13.8 Å². The number of H-pyrrole nitrogens is 1. The molecular weight excluding hydrogens is 314 g/mol. The molecule has 2 heterocycles. The number of rotatable bonds is 5. The summed E-state index contributed by atoms with van der Waals surface area (Å²) in [5.74, 6) is 0.321. The first kappa shape index (κ1) is 15.8. The highest BCUT2D eigenvalue weighted by molar-refractivity contribution is 7.89. The molecule has 3 aromatic rings. The molecule has 0 unspecified atom stereocenters. The zero-order valence-electron chi connectivity index (χ0n) is 13.3. The number of nitrogens with one attached hydrogen (secondary N) is 1. The Morgan fingerprint density at radius 1 is 1.26 bits per heavy atom. The maximum atomic E-state index is 12.7. The van der Waals surface area contributed by atoms with Gasteiger partial charge in [-0.05, 0) is 31.9 Å². The summed E-state index contributed by atoms with van der Waals surface area (Å²) in [6.45, 7) is 3.63. The first-order valence-corrected chi connectivity index (χ1v) is 8.79. The fourth-order valence-corrected chi connectivity index (χ4v) is 4.19. The van der Waals surface area contributed by atoms with Gasteiger partial charge in [0, 0.05) is 30.7 Å². The highest BCUT2D eigenvalue weighted by Gasteiger charge is 2.28. The molecule has 23 heavy (non-hydrogen) atoms. The molecule has 3 rings (SSSR count). The van der Waals surface area contributed by atoms with Gasteiger partial charge in [-0.2, -0.15) is 0 Å². The lowest BCUT2D eigenvalue weighted by atomic mass is 10.1. The SMILES string of the molecule is Cc1noc(C)c1S(=O)(=O)N(C)CCc1c[nH]c2ccccc12. The highest BCUT2D eigenvalue weighted by Crippen LogP contribution is 2.23. The molecule has 1 N–H and O–H groups in total. The minimum absolute atomic E-state index is 0.166. The number of fused-ring (bicyclic) bond motifs is 1. The van der Waals surface area contributed by atoms with Crippen LogP contribution in [0.25, 0.3) is 10.9 Å². The fraction of sp³-hybridized carbons (Fsp3) is 0.312. The summed E-state index contributed by atoms with van der Waals surface area (Å²) in [6, 6.07) is 7.98. The molecule has 1 aromatic carbocycles. The number of sulfonamides is 1. The number of benzene rings is 1. The number of aryl methyl sites for hydroxylation is 2. The van der Waals surface area contributed by atoms with E-state index in [4.69, 9.17) is 4.52 Å². The van der Waals surface area contributed by atoms with Gasteiger partial charge in [0.15, 0.2) is 5.76 Å². The van der Waals surface area contributed by atoms with Crippen LogP contribution >= 0.6 is 0 Å². The molecule has 0 atom stereocenters. The van der Waals surface area contributed by atoms with Crippen LogP contribution in [0.5, 0.6) is 0 Å². The van der Waals surface area contributed by atoms with E-state index in [9.17, 15) is 8.42 Å². The van der Waals surface area contributed by atoms with Crippen LogP contribution in [-0.2, 0) is 16.4 Å². The third-order valence-corrected chi connectivity index (χ3v) is 6.11. The number of nitrogens with zero attached hydrogens (tertiary/aromatic N) is 2. The van der Waals surface area contributed by atoms with Crippen LogP contribution in [0.2, 0.25) is 0 Å². The Labute approximate surface area is 135 Å². The Morgan fingerprint density at radius 3 is 2.70 bits per heavy atom. The Hall–Kier alpha value is -2.12. The zero-order chi connectivity index (χ0) is 16.6. The predicted octanol–water partition coefficient (Wildman–Crippen LogP) is 2.64. The van der Waals surface area contributed by atoms with Crippen molar-refractivity contribution in [3.05, 3.63) is 47.5 Å². The fourth-order valence-electron chi connectivity index (χ4n) is 2.74. The summed E-state index contributed by atoms with van der Waals surface area (Å²) >= 11 is 0. The van der Waals surface area contributed by atoms with E-state index in [-0.39, 0.29) is 4.90 Å². The van der Waals surface area contributed by atoms with E-state index >= 15 is 0 Å². The van der Waals surface area contributed by atoms with Gasteiger partial charge in [0.05, 0.1) is 0 Å². The zero-order valence-corrected chi connectivity index (χ0v) is 14.1. The van der Waals surface area contributed by atoms with Crippen LogP contribution in [0.4, 0.5) is 0 Å². The lowest BCUT2D eigenvalue weighted by molar-refractivity contribution is 0.390. The van der Waals surface area contributed by atoms with Crippen LogP contribution in [0.15, 0.2) is 39.9 Å². The second-order valence-electron chi connectivity index (χ2n) is 5.59. The number of likely N-dealkylation sites (N-methyl/N-ethyl adjacent to an activating group) is 1. The van der Waals surface area contributed by atoms with E-state index in [1.165, 1.54) is 4.31 Å². The van der Waals surface area contributed by atoms with Gasteiger partial charge in [-0.1, -0.05) is 23.4 Å². The normalized spacial score (nSPS) is 12.3. The largest absolute Gasteiger partial charge is 0.361 e. The summed E-state index contributed by atoms with van der Waals surface area (Å²) in [4.78, 5) is 3.37. The van der Waals surface area contributed by atoms with E-state index in [1.807, 2.05) is 30.5 Å². The molecule has 6 nitrogen and oxygen atoms in total. The molecule has 0 saturated carbocycles. The van der Waals surface area contributed by atoms with Gasteiger partial charge in [-0.3, -0.25) is 0 Å². The second-order valence-corrected chi connectivity index (χ2v) is 7.57. The topological polar surface area (TPSA) is 79.2 Å². The molecule has 0 aliphatic heterocycles. The number of para-hydroxylation sites is 1. The van der Waals surface area contributed by atoms with Crippen LogP contribution < -0.4 is 0 Å². The van der Waals surface area contributed by atoms with Crippen LogP contribution in [-0.4, -0.2) is 36.5 Å². The number of aromatic nitrogens is 2. The summed E-state index contributed by atoms with van der Waals surface area (Å²) in [7, 11) is -2.02. The minimum Gasteiger partial charge on any atom is -0.361 e. The average molecular weight is 333 g/mol. The molecule has 0 fully saturated rings. The molecule has 2 aromatic heterocycles. The molecule has 0 amide bonds. The van der Waals surface area contributed by atoms with Gasteiger partial charge in [0.1, 0.15) is 10.6 Å². The van der Waals surface area contributed by atoms with Crippen molar-refractivity contribution in [3.63, 3.8) is 0 Å². The third kappa shape index (κ3) is 2.77. The maximum absolute atomic E-state index is 12.7. The van der Waals surface area contributed by atoms with Crippen molar-refractivity contribution in [3.8, 4) is 0 Å². The smallest absolute Gasteiger partial charge is 0.248 e. The first-order valence-electron chi connectivity index (χ1n) is 7.35. The van der Waals surface area contributed by atoms with Crippen molar-refractivity contribution in [1.82, 2.24) is 14.4 Å². The molecule has 0 saturated heterocycles. The van der Waals surface area contributed by atoms with Gasteiger partial charge >= 0.3 is 0 Å². The number of hydrogen-bond acceptors (Lipinski definition) is 4. The molecule has 0 aliphatic rings. The van der Waals surface area contributed by atoms with E-state index in [0.29, 0.717) is 24.4 Å². The van der Waals surface area contributed by atoms with Crippen LogP contribution in [0.1, 0.15) is 17.0 Å². The molecular formula is C16H19N3O3S. The van der Waals surface area contributed by atoms with E-state index in [1.54, 1.807) is 20.9 Å². The summed E-state index contributed by atoms with van der Waals surface area (Å²) in [5, 5.41) is 4.85. The van der Waals surface area contributed by atoms with E-state index in [0.717, 1.165) is 16.5 Å². The summed E-state index contributed by atoms with van der Waals surface area (Å²) in [6.07, 6.45) is 2.56. The minimum atomic E-state index is -3.60. The van der Waals surface area contributed by atoms with E-state index < -0.39 is 10.0 Å². The monoisotopic (exact) mass is 333 g/mol. The lowest BCUT2D eigenvalue weighted by Crippen LogP contribution is -2.29. The standard InChI is InChI=1S/C16H19N3O3S/c1-11-16(12(2)22-18-11)23(20,21)19(3)9-8-13-10-17-15-7-5-4-6-14(13)15/h4-7,10,17H,8-9H2,1-3H3. The van der Waals surface area contributed by atoms with E-state index in [2.05, 4.69) is 10.1 Å².